The predicted octanol–water partition coefficient (Wildman–Crippen LogP) is 5.31. The smallest absolute Gasteiger partial charge is 0.273 e. The monoisotopic (exact) mass is 413 g/mol. The number of thiophene rings is 1. The molecule has 0 saturated heterocycles. The van der Waals surface area contributed by atoms with Gasteiger partial charge in [0.25, 0.3) is 5.56 Å². The Kier molecular flexibility index (Phi) is 4.69. The van der Waals surface area contributed by atoms with Crippen molar-refractivity contribution >= 4 is 17.0 Å². The van der Waals surface area contributed by atoms with Crippen molar-refractivity contribution < 1.29 is 4.74 Å². The molecule has 1 N–H and O–H groups in total. The highest BCUT2D eigenvalue weighted by atomic mass is 32.1. The van der Waals surface area contributed by atoms with Crippen LogP contribution in [0, 0.1) is 6.92 Å². The van der Waals surface area contributed by atoms with Crippen LogP contribution in [0.4, 0.5) is 0 Å². The van der Waals surface area contributed by atoms with E-state index in [1.807, 2.05) is 55.6 Å². The van der Waals surface area contributed by atoms with Crippen LogP contribution in [-0.2, 0) is 6.61 Å². The molecule has 6 heteroatoms. The zero-order valence-corrected chi connectivity index (χ0v) is 17.1. The first kappa shape index (κ1) is 18.4. The molecule has 30 heavy (non-hydrogen) atoms. The number of H-pyrrole nitrogens is 1. The molecule has 0 aliphatic carbocycles. The second-order valence-corrected chi connectivity index (χ2v) is 8.01. The van der Waals surface area contributed by atoms with Gasteiger partial charge in [0, 0.05) is 17.1 Å². The molecule has 0 bridgehead atoms. The van der Waals surface area contributed by atoms with E-state index in [4.69, 9.17) is 9.72 Å². The van der Waals surface area contributed by atoms with Gasteiger partial charge in [0.1, 0.15) is 12.4 Å². The molecule has 5 aromatic rings. The molecule has 5 nitrogen and oxygen atoms in total. The van der Waals surface area contributed by atoms with Gasteiger partial charge in [-0.25, -0.2) is 9.50 Å². The number of hydrogen-bond acceptors (Lipinski definition) is 4. The third-order valence-electron chi connectivity index (χ3n) is 4.90. The minimum absolute atomic E-state index is 0.158. The first-order valence-electron chi connectivity index (χ1n) is 9.61. The van der Waals surface area contributed by atoms with Crippen molar-refractivity contribution in [2.75, 3.05) is 0 Å². The van der Waals surface area contributed by atoms with Gasteiger partial charge in [-0.3, -0.25) is 9.89 Å². The van der Waals surface area contributed by atoms with Crippen LogP contribution in [0.2, 0.25) is 0 Å². The number of benzene rings is 2. The number of fused-ring (bicyclic) bond motifs is 1. The predicted molar refractivity (Wildman–Crippen MR) is 120 cm³/mol. The van der Waals surface area contributed by atoms with Gasteiger partial charge < -0.3 is 4.74 Å². The molecule has 0 unspecified atom stereocenters. The number of aryl methyl sites for hydroxylation is 1. The van der Waals surface area contributed by atoms with Gasteiger partial charge in [-0.1, -0.05) is 42.5 Å². The molecule has 0 spiro atoms. The largest absolute Gasteiger partial charge is 0.487 e. The lowest BCUT2D eigenvalue weighted by molar-refractivity contribution is 0.301. The molecule has 0 aliphatic heterocycles. The third-order valence-corrected chi connectivity index (χ3v) is 5.86. The average molecular weight is 414 g/mol. The maximum Gasteiger partial charge on any atom is 0.273 e. The van der Waals surface area contributed by atoms with Crippen molar-refractivity contribution in [3.63, 3.8) is 0 Å². The minimum atomic E-state index is -0.158. The van der Waals surface area contributed by atoms with E-state index in [1.165, 1.54) is 10.6 Å². The highest BCUT2D eigenvalue weighted by Gasteiger charge is 2.13. The fourth-order valence-corrected chi connectivity index (χ4v) is 4.34. The Morgan fingerprint density at radius 1 is 1.03 bits per heavy atom. The highest BCUT2D eigenvalue weighted by Crippen LogP contribution is 2.34. The summed E-state index contributed by atoms with van der Waals surface area (Å²) in [6, 6.07) is 21.7. The second-order valence-electron chi connectivity index (χ2n) is 7.10. The van der Waals surface area contributed by atoms with Crippen LogP contribution in [0.1, 0.15) is 11.3 Å². The second kappa shape index (κ2) is 7.65. The Bertz CT molecular complexity index is 1380. The number of aromatic amines is 1. The zero-order valence-electron chi connectivity index (χ0n) is 16.3. The number of rotatable bonds is 5. The standard InChI is InChI=1S/C24H19N3O2S/c1-16-6-5-9-20(10-16)29-14-19-12-23(28)27-24(26-19)21(13-25-27)22-11-18(15-30-22)17-7-3-2-4-8-17/h2-13,15,25H,14H2,1H3. The van der Waals surface area contributed by atoms with Gasteiger partial charge in [0.2, 0.25) is 0 Å². The zero-order chi connectivity index (χ0) is 20.5. The van der Waals surface area contributed by atoms with Crippen molar-refractivity contribution in [3.05, 3.63) is 99.9 Å². The molecule has 0 atom stereocenters. The van der Waals surface area contributed by atoms with E-state index in [9.17, 15) is 4.79 Å². The minimum Gasteiger partial charge on any atom is -0.487 e. The van der Waals surface area contributed by atoms with Gasteiger partial charge in [0.05, 0.1) is 11.3 Å². The van der Waals surface area contributed by atoms with Crippen molar-refractivity contribution in [1.29, 1.82) is 0 Å². The fourth-order valence-electron chi connectivity index (χ4n) is 3.41. The molecule has 3 aromatic heterocycles. The normalized spacial score (nSPS) is 11.1. The molecular formula is C24H19N3O2S. The third kappa shape index (κ3) is 3.53. The lowest BCUT2D eigenvalue weighted by atomic mass is 10.1. The summed E-state index contributed by atoms with van der Waals surface area (Å²) >= 11 is 1.63. The first-order valence-corrected chi connectivity index (χ1v) is 10.5. The van der Waals surface area contributed by atoms with Crippen LogP contribution >= 0.6 is 11.3 Å². The molecule has 2 aromatic carbocycles. The number of nitrogens with zero attached hydrogens (tertiary/aromatic N) is 2. The Morgan fingerprint density at radius 3 is 2.73 bits per heavy atom. The quantitative estimate of drug-likeness (QED) is 0.425. The van der Waals surface area contributed by atoms with Gasteiger partial charge >= 0.3 is 0 Å². The van der Waals surface area contributed by atoms with Crippen LogP contribution in [-0.4, -0.2) is 14.6 Å². The first-order chi connectivity index (χ1) is 14.7. The van der Waals surface area contributed by atoms with Crippen LogP contribution in [0.15, 0.2) is 83.1 Å². The topological polar surface area (TPSA) is 59.4 Å². The molecule has 0 amide bonds. The summed E-state index contributed by atoms with van der Waals surface area (Å²) in [5, 5.41) is 5.14. The summed E-state index contributed by atoms with van der Waals surface area (Å²) in [5.74, 6) is 0.761. The summed E-state index contributed by atoms with van der Waals surface area (Å²) < 4.78 is 7.31. The number of aromatic nitrogens is 3. The van der Waals surface area contributed by atoms with Crippen molar-refractivity contribution in [2.24, 2.45) is 0 Å². The maximum atomic E-state index is 12.6. The van der Waals surface area contributed by atoms with Gasteiger partial charge in [-0.15, -0.1) is 11.3 Å². The van der Waals surface area contributed by atoms with E-state index in [1.54, 1.807) is 11.3 Å². The molecular weight excluding hydrogens is 394 g/mol. The van der Waals surface area contributed by atoms with Crippen LogP contribution in [0.5, 0.6) is 5.75 Å². The molecule has 0 radical (unpaired) electrons. The van der Waals surface area contributed by atoms with E-state index < -0.39 is 0 Å². The Balaban J connectivity index is 1.48. The summed E-state index contributed by atoms with van der Waals surface area (Å²) in [7, 11) is 0. The average Bonchev–Trinajstić information content (AvgIpc) is 3.40. The van der Waals surface area contributed by atoms with Crippen LogP contribution < -0.4 is 10.3 Å². The van der Waals surface area contributed by atoms with Crippen molar-refractivity contribution in [2.45, 2.75) is 13.5 Å². The molecule has 0 fully saturated rings. The van der Waals surface area contributed by atoms with E-state index in [0.717, 1.165) is 32.9 Å². The lowest BCUT2D eigenvalue weighted by Crippen LogP contribution is -2.16. The lowest BCUT2D eigenvalue weighted by Gasteiger charge is -2.07. The van der Waals surface area contributed by atoms with E-state index in [2.05, 4.69) is 28.7 Å². The van der Waals surface area contributed by atoms with Gasteiger partial charge in [0.15, 0.2) is 5.65 Å². The summed E-state index contributed by atoms with van der Waals surface area (Å²) in [5.41, 5.74) is 5.38. The van der Waals surface area contributed by atoms with Crippen molar-refractivity contribution in [3.8, 4) is 27.3 Å². The van der Waals surface area contributed by atoms with Crippen LogP contribution in [0.25, 0.3) is 27.2 Å². The molecule has 0 aliphatic rings. The molecule has 3 heterocycles. The molecule has 148 valence electrons. The van der Waals surface area contributed by atoms with Gasteiger partial charge in [-0.2, -0.15) is 0 Å². The number of hydrogen-bond donors (Lipinski definition) is 1. The fraction of sp³-hybridized carbons (Fsp3) is 0.0833. The van der Waals surface area contributed by atoms with E-state index in [0.29, 0.717) is 11.3 Å². The van der Waals surface area contributed by atoms with Crippen molar-refractivity contribution in [1.82, 2.24) is 14.6 Å². The number of ether oxygens (including phenoxy) is 1. The molecule has 0 saturated carbocycles. The van der Waals surface area contributed by atoms with E-state index in [-0.39, 0.29) is 12.2 Å². The Labute approximate surface area is 177 Å². The summed E-state index contributed by atoms with van der Waals surface area (Å²) in [4.78, 5) is 18.3. The summed E-state index contributed by atoms with van der Waals surface area (Å²) in [6.07, 6.45) is 1.83. The Hall–Kier alpha value is -3.64. The summed E-state index contributed by atoms with van der Waals surface area (Å²) in [6.45, 7) is 2.25. The number of nitrogens with one attached hydrogen (secondary N) is 1. The Morgan fingerprint density at radius 2 is 1.90 bits per heavy atom. The molecule has 5 rings (SSSR count). The van der Waals surface area contributed by atoms with E-state index >= 15 is 0 Å². The highest BCUT2D eigenvalue weighted by molar-refractivity contribution is 7.14. The van der Waals surface area contributed by atoms with Crippen LogP contribution in [0.3, 0.4) is 0 Å². The maximum absolute atomic E-state index is 12.6. The SMILES string of the molecule is Cc1cccc(OCc2cc(=O)n3[nH]cc(-c4cc(-c5ccccc5)cs4)c3n2)c1. The van der Waals surface area contributed by atoms with Gasteiger partial charge in [-0.05, 0) is 47.2 Å².